The van der Waals surface area contributed by atoms with Crippen LogP contribution in [0.25, 0.3) is 0 Å². The zero-order chi connectivity index (χ0) is 14.9. The number of anilines is 1. The third-order valence-electron chi connectivity index (χ3n) is 2.47. The fraction of sp³-hybridized carbons (Fsp3) is 0. The highest BCUT2D eigenvalue weighted by Gasteiger charge is 2.13. The lowest BCUT2D eigenvalue weighted by Gasteiger charge is -2.10. The fourth-order valence-electron chi connectivity index (χ4n) is 1.45. The number of nitrogens with one attached hydrogen (secondary N) is 1. The Labute approximate surface area is 147 Å². The van der Waals surface area contributed by atoms with Gasteiger partial charge in [-0.05, 0) is 62.2 Å². The Balaban J connectivity index is 2.28. The number of carbonyl (C=O) groups is 1. The molecule has 1 amide bonds. The highest BCUT2D eigenvalue weighted by molar-refractivity contribution is 9.10. The van der Waals surface area contributed by atoms with E-state index in [0.717, 1.165) is 4.47 Å². The number of hydrogen-bond acceptors (Lipinski definition) is 1. The van der Waals surface area contributed by atoms with Crippen molar-refractivity contribution >= 4 is 78.3 Å². The molecule has 20 heavy (non-hydrogen) atoms. The van der Waals surface area contributed by atoms with Crippen LogP contribution in [0.2, 0.25) is 15.1 Å². The summed E-state index contributed by atoms with van der Waals surface area (Å²) in [5.74, 6) is -0.320. The van der Waals surface area contributed by atoms with Gasteiger partial charge in [0.15, 0.2) is 0 Å². The van der Waals surface area contributed by atoms with Crippen LogP contribution < -0.4 is 5.32 Å². The standard InChI is InChI=1S/C13H6Br2Cl3NO/c14-7-2-1-6(5-9(7)16)13(20)19-10-4-3-8(15)11(17)12(10)18/h1-5H,(H,19,20). The molecular weight excluding hydrogens is 452 g/mol. The number of amides is 1. The van der Waals surface area contributed by atoms with Crippen molar-refractivity contribution in [2.75, 3.05) is 5.32 Å². The molecule has 2 aromatic rings. The second-order valence-corrected chi connectivity index (χ2v) is 6.68. The first kappa shape index (κ1) is 16.1. The molecule has 2 aromatic carbocycles. The van der Waals surface area contributed by atoms with Gasteiger partial charge in [0.05, 0.1) is 20.8 Å². The Kier molecular flexibility index (Phi) is 5.37. The molecular formula is C13H6Br2Cl3NO. The first-order valence-electron chi connectivity index (χ1n) is 5.30. The molecule has 0 aromatic heterocycles. The smallest absolute Gasteiger partial charge is 0.255 e. The summed E-state index contributed by atoms with van der Waals surface area (Å²) in [6.07, 6.45) is 0. The van der Waals surface area contributed by atoms with Gasteiger partial charge in [0, 0.05) is 14.5 Å². The van der Waals surface area contributed by atoms with Crippen molar-refractivity contribution in [1.82, 2.24) is 0 Å². The molecule has 2 rings (SSSR count). The largest absolute Gasteiger partial charge is 0.321 e. The van der Waals surface area contributed by atoms with Gasteiger partial charge >= 0.3 is 0 Å². The first-order chi connectivity index (χ1) is 9.40. The summed E-state index contributed by atoms with van der Waals surface area (Å²) >= 11 is 24.6. The van der Waals surface area contributed by atoms with Gasteiger partial charge in [-0.3, -0.25) is 4.79 Å². The van der Waals surface area contributed by atoms with Gasteiger partial charge in [0.2, 0.25) is 0 Å². The van der Waals surface area contributed by atoms with Crippen LogP contribution in [0.15, 0.2) is 39.3 Å². The Hall–Kier alpha value is -0.260. The number of hydrogen-bond donors (Lipinski definition) is 1. The maximum Gasteiger partial charge on any atom is 0.255 e. The Morgan fingerprint density at radius 3 is 2.25 bits per heavy atom. The van der Waals surface area contributed by atoms with Gasteiger partial charge in [-0.25, -0.2) is 0 Å². The third kappa shape index (κ3) is 3.49. The minimum absolute atomic E-state index is 0.276. The molecule has 0 saturated carbocycles. The first-order valence-corrected chi connectivity index (χ1v) is 8.02. The van der Waals surface area contributed by atoms with E-state index >= 15 is 0 Å². The predicted molar refractivity (Wildman–Crippen MR) is 91.3 cm³/mol. The Bertz CT molecular complexity index is 692. The molecule has 2 nitrogen and oxygen atoms in total. The normalized spacial score (nSPS) is 10.4. The molecule has 7 heteroatoms. The van der Waals surface area contributed by atoms with Crippen LogP contribution in [-0.4, -0.2) is 5.91 Å². The second-order valence-electron chi connectivity index (χ2n) is 3.81. The van der Waals surface area contributed by atoms with Crippen LogP contribution in [0.3, 0.4) is 0 Å². The molecule has 0 spiro atoms. The molecule has 0 fully saturated rings. The van der Waals surface area contributed by atoms with Crippen molar-refractivity contribution < 1.29 is 4.79 Å². The minimum atomic E-state index is -0.320. The van der Waals surface area contributed by atoms with Gasteiger partial charge in [-0.2, -0.15) is 0 Å². The molecule has 0 bridgehead atoms. The molecule has 1 N–H and O–H groups in total. The highest BCUT2D eigenvalue weighted by Crippen LogP contribution is 2.36. The zero-order valence-electron chi connectivity index (χ0n) is 9.68. The summed E-state index contributed by atoms with van der Waals surface area (Å²) in [4.78, 5) is 12.1. The summed E-state index contributed by atoms with van der Waals surface area (Å²) in [6.45, 7) is 0. The Morgan fingerprint density at radius 1 is 0.950 bits per heavy atom. The predicted octanol–water partition coefficient (Wildman–Crippen LogP) is 6.42. The monoisotopic (exact) mass is 455 g/mol. The lowest BCUT2D eigenvalue weighted by Crippen LogP contribution is -2.12. The molecule has 0 aliphatic rings. The summed E-state index contributed by atoms with van der Waals surface area (Å²) < 4.78 is 1.38. The van der Waals surface area contributed by atoms with Crippen LogP contribution in [0.1, 0.15) is 10.4 Å². The van der Waals surface area contributed by atoms with Gasteiger partial charge in [-0.1, -0.05) is 34.8 Å². The van der Waals surface area contributed by atoms with Crippen molar-refractivity contribution in [2.24, 2.45) is 0 Å². The number of rotatable bonds is 2. The van der Waals surface area contributed by atoms with E-state index in [9.17, 15) is 4.79 Å². The van der Waals surface area contributed by atoms with E-state index < -0.39 is 0 Å². The molecule has 0 aliphatic heterocycles. The van der Waals surface area contributed by atoms with Crippen LogP contribution in [0, 0.1) is 0 Å². The lowest BCUT2D eigenvalue weighted by atomic mass is 10.2. The van der Waals surface area contributed by atoms with Gasteiger partial charge in [0.25, 0.3) is 5.91 Å². The molecule has 0 heterocycles. The lowest BCUT2D eigenvalue weighted by molar-refractivity contribution is 0.102. The highest BCUT2D eigenvalue weighted by atomic mass is 79.9. The van der Waals surface area contributed by atoms with Gasteiger partial charge < -0.3 is 5.32 Å². The second kappa shape index (κ2) is 6.67. The summed E-state index contributed by atoms with van der Waals surface area (Å²) in [6, 6.07) is 8.29. The van der Waals surface area contributed by atoms with Crippen LogP contribution in [0.4, 0.5) is 5.69 Å². The van der Waals surface area contributed by atoms with Crippen molar-refractivity contribution in [3.05, 3.63) is 59.9 Å². The van der Waals surface area contributed by atoms with Crippen molar-refractivity contribution in [1.29, 1.82) is 0 Å². The third-order valence-corrected chi connectivity index (χ3v) is 5.47. The topological polar surface area (TPSA) is 29.1 Å². The van der Waals surface area contributed by atoms with Crippen molar-refractivity contribution in [2.45, 2.75) is 0 Å². The summed E-state index contributed by atoms with van der Waals surface area (Å²) in [7, 11) is 0. The van der Waals surface area contributed by atoms with Crippen LogP contribution in [0.5, 0.6) is 0 Å². The number of benzene rings is 2. The van der Waals surface area contributed by atoms with E-state index in [1.165, 1.54) is 0 Å². The van der Waals surface area contributed by atoms with Crippen molar-refractivity contribution in [3.63, 3.8) is 0 Å². The van der Waals surface area contributed by atoms with Gasteiger partial charge in [0.1, 0.15) is 0 Å². The minimum Gasteiger partial charge on any atom is -0.321 e. The SMILES string of the molecule is O=C(Nc1ccc(Br)c(Cl)c1Cl)c1ccc(Br)c(Cl)c1. The zero-order valence-corrected chi connectivity index (χ0v) is 15.1. The molecule has 0 aliphatic carbocycles. The quantitative estimate of drug-likeness (QED) is 0.517. The number of halogens is 5. The molecule has 0 saturated heterocycles. The molecule has 0 radical (unpaired) electrons. The summed E-state index contributed by atoms with van der Waals surface area (Å²) in [5, 5.41) is 3.77. The average Bonchev–Trinajstić information content (AvgIpc) is 2.42. The van der Waals surface area contributed by atoms with E-state index in [-0.39, 0.29) is 10.9 Å². The number of carbonyl (C=O) groups excluding carboxylic acids is 1. The van der Waals surface area contributed by atoms with Crippen LogP contribution in [-0.2, 0) is 0 Å². The maximum atomic E-state index is 12.1. The van der Waals surface area contributed by atoms with Crippen LogP contribution >= 0.6 is 66.7 Å². The van der Waals surface area contributed by atoms with E-state index in [4.69, 9.17) is 34.8 Å². The van der Waals surface area contributed by atoms with E-state index in [1.54, 1.807) is 30.3 Å². The summed E-state index contributed by atoms with van der Waals surface area (Å²) in [5.41, 5.74) is 0.859. The van der Waals surface area contributed by atoms with E-state index in [0.29, 0.717) is 25.8 Å². The van der Waals surface area contributed by atoms with E-state index in [2.05, 4.69) is 37.2 Å². The molecule has 0 atom stereocenters. The Morgan fingerprint density at radius 2 is 1.60 bits per heavy atom. The van der Waals surface area contributed by atoms with E-state index in [1.807, 2.05) is 0 Å². The van der Waals surface area contributed by atoms with Crippen molar-refractivity contribution in [3.8, 4) is 0 Å². The maximum absolute atomic E-state index is 12.1. The molecule has 104 valence electrons. The average molecular weight is 458 g/mol. The molecule has 0 unspecified atom stereocenters. The van der Waals surface area contributed by atoms with Gasteiger partial charge in [-0.15, -0.1) is 0 Å². The fourth-order valence-corrected chi connectivity index (χ4v) is 2.70.